The molecule has 7 heteroatoms. The van der Waals surface area contributed by atoms with Crippen molar-refractivity contribution in [3.05, 3.63) is 47.0 Å². The second kappa shape index (κ2) is 6.41. The van der Waals surface area contributed by atoms with E-state index >= 15 is 0 Å². The predicted octanol–water partition coefficient (Wildman–Crippen LogP) is 3.14. The minimum atomic E-state index is -0.735. The van der Waals surface area contributed by atoms with Crippen molar-refractivity contribution in [2.75, 3.05) is 19.5 Å². The number of ether oxygens (including phenoxy) is 2. The molecule has 2 aromatic rings. The van der Waals surface area contributed by atoms with Gasteiger partial charge in [0.2, 0.25) is 5.95 Å². The summed E-state index contributed by atoms with van der Waals surface area (Å²) in [6.07, 6.45) is 0. The van der Waals surface area contributed by atoms with Crippen LogP contribution in [0.25, 0.3) is 0 Å². The first-order valence-corrected chi connectivity index (χ1v) is 6.28. The molecule has 0 aliphatic heterocycles. The van der Waals surface area contributed by atoms with Gasteiger partial charge in [-0.05, 0) is 12.1 Å². The first-order valence-electron chi connectivity index (χ1n) is 5.90. The highest BCUT2D eigenvalue weighted by Crippen LogP contribution is 2.36. The summed E-state index contributed by atoms with van der Waals surface area (Å²) in [5, 5.41) is 2.81. The lowest BCUT2D eigenvalue weighted by Crippen LogP contribution is -2.14. The van der Waals surface area contributed by atoms with E-state index in [4.69, 9.17) is 21.1 Å². The third-order valence-electron chi connectivity index (χ3n) is 2.67. The molecule has 0 unspecified atom stereocenters. The van der Waals surface area contributed by atoms with Crippen molar-refractivity contribution < 1.29 is 18.7 Å². The van der Waals surface area contributed by atoms with E-state index in [1.54, 1.807) is 0 Å². The molecule has 5 nitrogen and oxygen atoms in total. The molecule has 0 fully saturated rings. The van der Waals surface area contributed by atoms with Gasteiger partial charge in [0.25, 0.3) is 5.91 Å². The molecule has 1 aromatic carbocycles. The number of hydrogen-bond acceptors (Lipinski definition) is 4. The van der Waals surface area contributed by atoms with E-state index in [-0.39, 0.29) is 10.7 Å². The number of carbonyl (C=O) groups excluding carboxylic acids is 1. The molecule has 1 aromatic heterocycles. The van der Waals surface area contributed by atoms with Gasteiger partial charge in [0.1, 0.15) is 5.69 Å². The Morgan fingerprint density at radius 2 is 1.90 bits per heavy atom. The van der Waals surface area contributed by atoms with Gasteiger partial charge in [0.05, 0.1) is 24.9 Å². The topological polar surface area (TPSA) is 60.5 Å². The Balaban J connectivity index is 2.29. The van der Waals surface area contributed by atoms with Crippen LogP contribution in [0.15, 0.2) is 30.3 Å². The van der Waals surface area contributed by atoms with E-state index in [0.717, 1.165) is 6.07 Å². The van der Waals surface area contributed by atoms with Gasteiger partial charge in [-0.1, -0.05) is 17.7 Å². The smallest absolute Gasteiger partial charge is 0.274 e. The summed E-state index contributed by atoms with van der Waals surface area (Å²) in [6.45, 7) is 0. The average molecular weight is 311 g/mol. The number of halogens is 2. The summed E-state index contributed by atoms with van der Waals surface area (Å²) in [4.78, 5) is 15.5. The number of aromatic nitrogens is 1. The molecule has 0 radical (unpaired) electrons. The molecule has 0 aliphatic carbocycles. The first kappa shape index (κ1) is 15.1. The van der Waals surface area contributed by atoms with Crippen molar-refractivity contribution in [2.24, 2.45) is 0 Å². The van der Waals surface area contributed by atoms with E-state index in [1.807, 2.05) is 0 Å². The Morgan fingerprint density at radius 3 is 2.52 bits per heavy atom. The maximum absolute atomic E-state index is 13.0. The van der Waals surface area contributed by atoms with Crippen LogP contribution in [0.4, 0.5) is 10.1 Å². The number of pyridine rings is 1. The zero-order valence-electron chi connectivity index (χ0n) is 11.3. The molecule has 1 heterocycles. The Bertz CT molecular complexity index is 679. The number of benzene rings is 1. The molecule has 0 saturated heterocycles. The van der Waals surface area contributed by atoms with Crippen molar-refractivity contribution in [1.82, 2.24) is 4.98 Å². The second-order valence-corrected chi connectivity index (χ2v) is 4.39. The zero-order chi connectivity index (χ0) is 15.4. The van der Waals surface area contributed by atoms with Gasteiger partial charge >= 0.3 is 0 Å². The number of anilines is 1. The van der Waals surface area contributed by atoms with Gasteiger partial charge in [0, 0.05) is 12.1 Å². The fourth-order valence-corrected chi connectivity index (χ4v) is 1.87. The highest BCUT2D eigenvalue weighted by Gasteiger charge is 2.14. The monoisotopic (exact) mass is 310 g/mol. The van der Waals surface area contributed by atoms with E-state index in [9.17, 15) is 9.18 Å². The lowest BCUT2D eigenvalue weighted by atomic mass is 10.2. The molecule has 0 atom stereocenters. The summed E-state index contributed by atoms with van der Waals surface area (Å²) in [6, 6.07) is 6.97. The van der Waals surface area contributed by atoms with Gasteiger partial charge < -0.3 is 14.8 Å². The van der Waals surface area contributed by atoms with Gasteiger partial charge in [0.15, 0.2) is 11.5 Å². The summed E-state index contributed by atoms with van der Waals surface area (Å²) in [7, 11) is 2.94. The lowest BCUT2D eigenvalue weighted by molar-refractivity contribution is 0.102. The van der Waals surface area contributed by atoms with E-state index in [1.165, 1.54) is 38.5 Å². The highest BCUT2D eigenvalue weighted by molar-refractivity contribution is 6.34. The van der Waals surface area contributed by atoms with Gasteiger partial charge in [-0.2, -0.15) is 4.39 Å². The predicted molar refractivity (Wildman–Crippen MR) is 76.7 cm³/mol. The van der Waals surface area contributed by atoms with Crippen LogP contribution in [0.5, 0.6) is 11.5 Å². The van der Waals surface area contributed by atoms with E-state index in [2.05, 4.69) is 10.3 Å². The number of amides is 1. The lowest BCUT2D eigenvalue weighted by Gasteiger charge is -2.12. The molecular weight excluding hydrogens is 299 g/mol. The van der Waals surface area contributed by atoms with Crippen LogP contribution in [0, 0.1) is 5.95 Å². The third kappa shape index (κ3) is 3.41. The molecule has 2 rings (SSSR count). The zero-order valence-corrected chi connectivity index (χ0v) is 12.1. The van der Waals surface area contributed by atoms with Crippen molar-refractivity contribution in [2.45, 2.75) is 0 Å². The number of methoxy groups -OCH3 is 2. The number of rotatable bonds is 4. The fraction of sp³-hybridized carbons (Fsp3) is 0.143. The normalized spacial score (nSPS) is 10.1. The van der Waals surface area contributed by atoms with Crippen molar-refractivity contribution in [3.8, 4) is 11.5 Å². The van der Waals surface area contributed by atoms with E-state index < -0.39 is 11.9 Å². The molecule has 0 saturated carbocycles. The Hall–Kier alpha value is -2.34. The van der Waals surface area contributed by atoms with E-state index in [0.29, 0.717) is 17.2 Å². The summed E-state index contributed by atoms with van der Waals surface area (Å²) < 4.78 is 23.2. The van der Waals surface area contributed by atoms with Crippen molar-refractivity contribution >= 4 is 23.2 Å². The minimum absolute atomic E-state index is 0.0548. The Morgan fingerprint density at radius 1 is 1.24 bits per heavy atom. The highest BCUT2D eigenvalue weighted by atomic mass is 35.5. The van der Waals surface area contributed by atoms with Crippen LogP contribution >= 0.6 is 11.6 Å². The fourth-order valence-electron chi connectivity index (χ4n) is 1.67. The molecule has 0 spiro atoms. The quantitative estimate of drug-likeness (QED) is 0.881. The molecule has 0 bridgehead atoms. The molecule has 1 N–H and O–H groups in total. The maximum atomic E-state index is 13.0. The van der Waals surface area contributed by atoms with Crippen LogP contribution in [0.3, 0.4) is 0 Å². The SMILES string of the molecule is COc1cc(Cl)c(NC(=O)c2cccc(F)n2)cc1OC. The third-order valence-corrected chi connectivity index (χ3v) is 2.98. The molecule has 0 aliphatic rings. The van der Waals surface area contributed by atoms with Crippen molar-refractivity contribution in [1.29, 1.82) is 0 Å². The number of hydrogen-bond donors (Lipinski definition) is 1. The number of nitrogens with zero attached hydrogens (tertiary/aromatic N) is 1. The Kier molecular flexibility index (Phi) is 4.59. The molecule has 21 heavy (non-hydrogen) atoms. The van der Waals surface area contributed by atoms with Crippen LogP contribution < -0.4 is 14.8 Å². The van der Waals surface area contributed by atoms with Crippen LogP contribution in [0.1, 0.15) is 10.5 Å². The average Bonchev–Trinajstić information content (AvgIpc) is 2.48. The van der Waals surface area contributed by atoms with Gasteiger partial charge in [-0.15, -0.1) is 0 Å². The summed E-state index contributed by atoms with van der Waals surface area (Å²) in [5.41, 5.74) is 0.256. The first-order chi connectivity index (χ1) is 10.0. The summed E-state index contributed by atoms with van der Waals surface area (Å²) >= 11 is 6.06. The Labute approximate surface area is 125 Å². The maximum Gasteiger partial charge on any atom is 0.274 e. The van der Waals surface area contributed by atoms with Crippen LogP contribution in [0.2, 0.25) is 5.02 Å². The van der Waals surface area contributed by atoms with Gasteiger partial charge in [-0.25, -0.2) is 4.98 Å². The minimum Gasteiger partial charge on any atom is -0.493 e. The molecule has 110 valence electrons. The largest absolute Gasteiger partial charge is 0.493 e. The van der Waals surface area contributed by atoms with Gasteiger partial charge in [-0.3, -0.25) is 4.79 Å². The van der Waals surface area contributed by atoms with Crippen LogP contribution in [-0.4, -0.2) is 25.1 Å². The number of carbonyl (C=O) groups is 1. The second-order valence-electron chi connectivity index (χ2n) is 3.99. The molecule has 1 amide bonds. The van der Waals surface area contributed by atoms with Crippen LogP contribution in [-0.2, 0) is 0 Å². The molecular formula is C14H12ClFN2O3. The standard InChI is InChI=1S/C14H12ClFN2O3/c1-20-11-6-8(15)10(7-12(11)21-2)18-14(19)9-4-3-5-13(16)17-9/h3-7H,1-2H3,(H,18,19). The summed E-state index contributed by atoms with van der Waals surface area (Å²) in [5.74, 6) is -0.474. The number of nitrogens with one attached hydrogen (secondary N) is 1. The van der Waals surface area contributed by atoms with Crippen molar-refractivity contribution in [3.63, 3.8) is 0 Å².